The molecule has 1 N–H and O–H groups in total. The first kappa shape index (κ1) is 11.6. The molecule has 0 saturated carbocycles. The summed E-state index contributed by atoms with van der Waals surface area (Å²) in [6, 6.07) is 0.770. The molecule has 3 rings (SSSR count). The van der Waals surface area contributed by atoms with Crippen LogP contribution in [-0.2, 0) is 6.42 Å². The van der Waals surface area contributed by atoms with Gasteiger partial charge in [-0.25, -0.2) is 4.98 Å². The Balaban J connectivity index is 1.52. The maximum atomic E-state index is 4.32. The standard InChI is InChI=1S/C13H21N3S/c1-10-13(17-9-15-10)4-6-16-7-11-3-2-5-14-12(11)8-16/h9,11-12,14H,2-8H2,1H3/t11-,12+/m0/s1. The Morgan fingerprint density at radius 2 is 2.47 bits per heavy atom. The molecule has 0 spiro atoms. The number of nitrogens with one attached hydrogen (secondary N) is 1. The first-order valence-corrected chi connectivity index (χ1v) is 7.55. The largest absolute Gasteiger partial charge is 0.312 e. The Labute approximate surface area is 107 Å². The summed E-state index contributed by atoms with van der Waals surface area (Å²) in [5.74, 6) is 0.909. The number of piperidine rings is 1. The van der Waals surface area contributed by atoms with Crippen LogP contribution in [0.5, 0.6) is 0 Å². The molecule has 3 nitrogen and oxygen atoms in total. The number of fused-ring (bicyclic) bond motifs is 1. The predicted molar refractivity (Wildman–Crippen MR) is 71.5 cm³/mol. The molecule has 0 bridgehead atoms. The molecule has 1 aromatic rings. The zero-order valence-electron chi connectivity index (χ0n) is 10.5. The van der Waals surface area contributed by atoms with Crippen molar-refractivity contribution in [1.82, 2.24) is 15.2 Å². The summed E-state index contributed by atoms with van der Waals surface area (Å²) < 4.78 is 0. The fourth-order valence-electron chi connectivity index (χ4n) is 3.14. The number of aryl methyl sites for hydroxylation is 1. The summed E-state index contributed by atoms with van der Waals surface area (Å²) in [7, 11) is 0. The summed E-state index contributed by atoms with van der Waals surface area (Å²) in [5.41, 5.74) is 3.19. The van der Waals surface area contributed by atoms with Gasteiger partial charge in [-0.1, -0.05) is 0 Å². The zero-order chi connectivity index (χ0) is 11.7. The number of nitrogens with zero attached hydrogens (tertiary/aromatic N) is 2. The molecular formula is C13H21N3S. The summed E-state index contributed by atoms with van der Waals surface area (Å²) >= 11 is 1.80. The van der Waals surface area contributed by atoms with E-state index in [-0.39, 0.29) is 0 Å². The van der Waals surface area contributed by atoms with Gasteiger partial charge < -0.3 is 10.2 Å². The minimum atomic E-state index is 0.770. The molecule has 0 aromatic carbocycles. The maximum Gasteiger partial charge on any atom is 0.0797 e. The predicted octanol–water partition coefficient (Wildman–Crippen LogP) is 1.68. The maximum absolute atomic E-state index is 4.32. The van der Waals surface area contributed by atoms with E-state index in [9.17, 15) is 0 Å². The Morgan fingerprint density at radius 3 is 3.24 bits per heavy atom. The van der Waals surface area contributed by atoms with Crippen LogP contribution in [0.3, 0.4) is 0 Å². The lowest BCUT2D eigenvalue weighted by atomic mass is 9.94. The van der Waals surface area contributed by atoms with Crippen LogP contribution >= 0.6 is 11.3 Å². The van der Waals surface area contributed by atoms with Crippen molar-refractivity contribution in [3.05, 3.63) is 16.1 Å². The van der Waals surface area contributed by atoms with Crippen LogP contribution in [0.4, 0.5) is 0 Å². The molecule has 4 heteroatoms. The van der Waals surface area contributed by atoms with Crippen molar-refractivity contribution in [1.29, 1.82) is 0 Å². The second-order valence-corrected chi connectivity index (χ2v) is 6.27. The van der Waals surface area contributed by atoms with Crippen LogP contribution < -0.4 is 5.32 Å². The average Bonchev–Trinajstić information content (AvgIpc) is 2.92. The highest BCUT2D eigenvalue weighted by Gasteiger charge is 2.33. The quantitative estimate of drug-likeness (QED) is 0.886. The number of hydrogen-bond acceptors (Lipinski definition) is 4. The van der Waals surface area contributed by atoms with Crippen LogP contribution in [0, 0.1) is 12.8 Å². The number of aromatic nitrogens is 1. The van der Waals surface area contributed by atoms with Crippen molar-refractivity contribution < 1.29 is 0 Å². The lowest BCUT2D eigenvalue weighted by Gasteiger charge is -2.24. The monoisotopic (exact) mass is 251 g/mol. The minimum Gasteiger partial charge on any atom is -0.312 e. The van der Waals surface area contributed by atoms with E-state index in [2.05, 4.69) is 22.1 Å². The van der Waals surface area contributed by atoms with Gasteiger partial charge >= 0.3 is 0 Å². The molecule has 2 saturated heterocycles. The molecular weight excluding hydrogens is 230 g/mol. The summed E-state index contributed by atoms with van der Waals surface area (Å²) in [5, 5.41) is 3.66. The molecule has 0 unspecified atom stereocenters. The van der Waals surface area contributed by atoms with E-state index >= 15 is 0 Å². The zero-order valence-corrected chi connectivity index (χ0v) is 11.3. The SMILES string of the molecule is Cc1ncsc1CCN1C[C@@H]2CCCN[C@@H]2C1. The molecule has 0 aliphatic carbocycles. The molecule has 2 aliphatic rings. The molecule has 2 fully saturated rings. The molecule has 2 aliphatic heterocycles. The van der Waals surface area contributed by atoms with Crippen LogP contribution in [0.2, 0.25) is 0 Å². The lowest BCUT2D eigenvalue weighted by Crippen LogP contribution is -2.40. The average molecular weight is 251 g/mol. The van der Waals surface area contributed by atoms with E-state index in [0.29, 0.717) is 0 Å². The van der Waals surface area contributed by atoms with Crippen LogP contribution in [0.25, 0.3) is 0 Å². The van der Waals surface area contributed by atoms with Gasteiger partial charge in [0.25, 0.3) is 0 Å². The molecule has 17 heavy (non-hydrogen) atoms. The smallest absolute Gasteiger partial charge is 0.0797 e. The number of rotatable bonds is 3. The van der Waals surface area contributed by atoms with Crippen molar-refractivity contribution in [2.45, 2.75) is 32.2 Å². The van der Waals surface area contributed by atoms with E-state index in [4.69, 9.17) is 0 Å². The van der Waals surface area contributed by atoms with Crippen LogP contribution in [-0.4, -0.2) is 42.1 Å². The van der Waals surface area contributed by atoms with Gasteiger partial charge in [0.05, 0.1) is 11.2 Å². The summed E-state index contributed by atoms with van der Waals surface area (Å²) in [6.45, 7) is 7.11. The van der Waals surface area contributed by atoms with E-state index < -0.39 is 0 Å². The van der Waals surface area contributed by atoms with Crippen molar-refractivity contribution in [3.8, 4) is 0 Å². The first-order valence-electron chi connectivity index (χ1n) is 6.67. The number of likely N-dealkylation sites (tertiary alicyclic amines) is 1. The highest BCUT2D eigenvalue weighted by atomic mass is 32.1. The summed E-state index contributed by atoms with van der Waals surface area (Å²) in [4.78, 5) is 8.42. The Morgan fingerprint density at radius 1 is 1.53 bits per heavy atom. The van der Waals surface area contributed by atoms with E-state index in [1.54, 1.807) is 11.3 Å². The Kier molecular flexibility index (Phi) is 3.45. The fraction of sp³-hybridized carbons (Fsp3) is 0.769. The number of hydrogen-bond donors (Lipinski definition) is 1. The third-order valence-corrected chi connectivity index (χ3v) is 5.17. The second-order valence-electron chi connectivity index (χ2n) is 5.33. The Bertz CT molecular complexity index is 362. The van der Waals surface area contributed by atoms with Crippen molar-refractivity contribution in [3.63, 3.8) is 0 Å². The minimum absolute atomic E-state index is 0.770. The third-order valence-electron chi connectivity index (χ3n) is 4.17. The fourth-order valence-corrected chi connectivity index (χ4v) is 3.91. The molecule has 1 aromatic heterocycles. The van der Waals surface area contributed by atoms with E-state index in [0.717, 1.165) is 12.0 Å². The van der Waals surface area contributed by atoms with E-state index in [1.807, 2.05) is 5.51 Å². The van der Waals surface area contributed by atoms with Gasteiger partial charge in [-0.05, 0) is 38.6 Å². The highest BCUT2D eigenvalue weighted by molar-refractivity contribution is 7.09. The lowest BCUT2D eigenvalue weighted by molar-refractivity contribution is 0.323. The second kappa shape index (κ2) is 5.04. The highest BCUT2D eigenvalue weighted by Crippen LogP contribution is 2.25. The third kappa shape index (κ3) is 2.54. The Hall–Kier alpha value is -0.450. The van der Waals surface area contributed by atoms with Crippen molar-refractivity contribution in [2.24, 2.45) is 5.92 Å². The van der Waals surface area contributed by atoms with Gasteiger partial charge in [0, 0.05) is 30.6 Å². The molecule has 3 heterocycles. The number of thiazole rings is 1. The van der Waals surface area contributed by atoms with Gasteiger partial charge in [0.15, 0.2) is 0 Å². The first-order chi connectivity index (χ1) is 8.33. The topological polar surface area (TPSA) is 28.2 Å². The summed E-state index contributed by atoms with van der Waals surface area (Å²) in [6.07, 6.45) is 3.96. The molecule has 0 amide bonds. The van der Waals surface area contributed by atoms with Gasteiger partial charge in [0.2, 0.25) is 0 Å². The van der Waals surface area contributed by atoms with Gasteiger partial charge in [-0.3, -0.25) is 0 Å². The molecule has 0 radical (unpaired) electrons. The van der Waals surface area contributed by atoms with E-state index in [1.165, 1.54) is 56.0 Å². The van der Waals surface area contributed by atoms with Crippen LogP contribution in [0.15, 0.2) is 5.51 Å². The van der Waals surface area contributed by atoms with Gasteiger partial charge in [0.1, 0.15) is 0 Å². The van der Waals surface area contributed by atoms with Gasteiger partial charge in [-0.15, -0.1) is 11.3 Å². The normalized spacial score (nSPS) is 29.5. The molecule has 2 atom stereocenters. The van der Waals surface area contributed by atoms with Crippen molar-refractivity contribution >= 4 is 11.3 Å². The van der Waals surface area contributed by atoms with Gasteiger partial charge in [-0.2, -0.15) is 0 Å². The van der Waals surface area contributed by atoms with Crippen molar-refractivity contribution in [2.75, 3.05) is 26.2 Å². The molecule has 94 valence electrons. The van der Waals surface area contributed by atoms with Crippen LogP contribution in [0.1, 0.15) is 23.4 Å².